The van der Waals surface area contributed by atoms with Crippen LogP contribution >= 0.6 is 11.3 Å². The molecule has 174 valence electrons. The molecule has 0 fully saturated rings. The molecular weight excluding hydrogens is 432 g/mol. The summed E-state index contributed by atoms with van der Waals surface area (Å²) in [6, 6.07) is 16.0. The van der Waals surface area contributed by atoms with Crippen LogP contribution in [0.1, 0.15) is 72.0 Å². The molecular formula is C28H32O4S. The number of carbonyl (C=O) groups is 2. The predicted molar refractivity (Wildman–Crippen MR) is 135 cm³/mol. The molecule has 4 nitrogen and oxygen atoms in total. The first-order valence-corrected chi connectivity index (χ1v) is 12.1. The van der Waals surface area contributed by atoms with Gasteiger partial charge in [-0.05, 0) is 81.0 Å². The highest BCUT2D eigenvalue weighted by Gasteiger charge is 2.30. The van der Waals surface area contributed by atoms with Crippen molar-refractivity contribution in [3.05, 3.63) is 75.7 Å². The molecule has 0 saturated carbocycles. The van der Waals surface area contributed by atoms with Crippen molar-refractivity contribution in [2.75, 3.05) is 0 Å². The van der Waals surface area contributed by atoms with E-state index < -0.39 is 11.6 Å². The molecule has 0 spiro atoms. The summed E-state index contributed by atoms with van der Waals surface area (Å²) in [5.41, 5.74) is 3.78. The molecule has 0 radical (unpaired) electrons. The predicted octanol–water partition coefficient (Wildman–Crippen LogP) is 7.21. The minimum absolute atomic E-state index is 0.0714. The normalized spacial score (nSPS) is 11.6. The standard InChI is InChI=1S/C28H32O4S/c1-17(2)22-16-26(20-9-7-18(3)8-10-20)33-25(22)14-12-23(29)21-11-13-24(19(4)15-21)32-28(5,6)27(30)31/h7-11,13,15-17H,12,14H2,1-6H3,(H,30,31). The lowest BCUT2D eigenvalue weighted by Gasteiger charge is -2.23. The van der Waals surface area contributed by atoms with Gasteiger partial charge in [-0.3, -0.25) is 4.79 Å². The Hall–Kier alpha value is -2.92. The van der Waals surface area contributed by atoms with Crippen LogP contribution in [0.4, 0.5) is 0 Å². The van der Waals surface area contributed by atoms with Crippen LogP contribution in [0.3, 0.4) is 0 Å². The molecule has 0 aliphatic rings. The number of carbonyl (C=O) groups excluding carboxylic acids is 1. The molecule has 2 aromatic carbocycles. The van der Waals surface area contributed by atoms with Crippen LogP contribution in [-0.4, -0.2) is 22.5 Å². The molecule has 5 heteroatoms. The Kier molecular flexibility index (Phi) is 7.43. The average Bonchev–Trinajstić information content (AvgIpc) is 3.18. The Morgan fingerprint density at radius 1 is 1.03 bits per heavy atom. The lowest BCUT2D eigenvalue weighted by molar-refractivity contribution is -0.152. The zero-order valence-corrected chi connectivity index (χ0v) is 21.0. The number of aliphatic carboxylic acids is 1. The van der Waals surface area contributed by atoms with E-state index in [0.29, 0.717) is 30.1 Å². The number of rotatable bonds is 9. The summed E-state index contributed by atoms with van der Waals surface area (Å²) < 4.78 is 5.64. The second-order valence-corrected chi connectivity index (χ2v) is 10.5. The molecule has 0 amide bonds. The summed E-state index contributed by atoms with van der Waals surface area (Å²) in [6.45, 7) is 11.3. The fourth-order valence-electron chi connectivity index (χ4n) is 3.61. The number of ether oxygens (including phenoxy) is 1. The van der Waals surface area contributed by atoms with E-state index in [9.17, 15) is 14.7 Å². The van der Waals surface area contributed by atoms with Gasteiger partial charge < -0.3 is 9.84 Å². The van der Waals surface area contributed by atoms with E-state index in [-0.39, 0.29) is 5.78 Å². The zero-order chi connectivity index (χ0) is 24.3. The minimum Gasteiger partial charge on any atom is -0.478 e. The molecule has 0 aliphatic heterocycles. The van der Waals surface area contributed by atoms with Crippen LogP contribution in [0.2, 0.25) is 0 Å². The number of thiophene rings is 1. The second kappa shape index (κ2) is 9.92. The van der Waals surface area contributed by atoms with Crippen LogP contribution in [0.25, 0.3) is 10.4 Å². The summed E-state index contributed by atoms with van der Waals surface area (Å²) in [5, 5.41) is 9.28. The molecule has 0 unspecified atom stereocenters. The monoisotopic (exact) mass is 464 g/mol. The molecule has 0 aliphatic carbocycles. The van der Waals surface area contributed by atoms with Crippen LogP contribution in [0, 0.1) is 13.8 Å². The number of aryl methyl sites for hydroxylation is 3. The molecule has 0 atom stereocenters. The lowest BCUT2D eigenvalue weighted by atomic mass is 9.98. The number of carboxylic acids is 1. The minimum atomic E-state index is -1.34. The number of hydrogen-bond donors (Lipinski definition) is 1. The average molecular weight is 465 g/mol. The van der Waals surface area contributed by atoms with Crippen molar-refractivity contribution in [3.8, 4) is 16.2 Å². The molecule has 3 rings (SSSR count). The Morgan fingerprint density at radius 3 is 2.27 bits per heavy atom. The third-order valence-electron chi connectivity index (χ3n) is 5.76. The maximum absolute atomic E-state index is 12.9. The maximum atomic E-state index is 12.9. The van der Waals surface area contributed by atoms with Crippen molar-refractivity contribution < 1.29 is 19.4 Å². The van der Waals surface area contributed by atoms with Crippen LogP contribution < -0.4 is 4.74 Å². The summed E-state index contributed by atoms with van der Waals surface area (Å²) in [6.07, 6.45) is 1.13. The van der Waals surface area contributed by atoms with Crippen molar-refractivity contribution in [1.29, 1.82) is 0 Å². The van der Waals surface area contributed by atoms with Gasteiger partial charge in [-0.15, -0.1) is 11.3 Å². The third kappa shape index (κ3) is 5.91. The molecule has 1 heterocycles. The van der Waals surface area contributed by atoms with Crippen molar-refractivity contribution >= 4 is 23.1 Å². The van der Waals surface area contributed by atoms with Gasteiger partial charge in [0.05, 0.1) is 0 Å². The fourth-order valence-corrected chi connectivity index (χ4v) is 4.94. The van der Waals surface area contributed by atoms with E-state index in [4.69, 9.17) is 4.74 Å². The van der Waals surface area contributed by atoms with Gasteiger partial charge in [0.1, 0.15) is 5.75 Å². The largest absolute Gasteiger partial charge is 0.478 e. The van der Waals surface area contributed by atoms with E-state index in [0.717, 1.165) is 5.56 Å². The van der Waals surface area contributed by atoms with Crippen LogP contribution in [-0.2, 0) is 11.2 Å². The highest BCUT2D eigenvalue weighted by atomic mass is 32.1. The number of carboxylic acid groups (broad SMARTS) is 1. The van der Waals surface area contributed by atoms with Gasteiger partial charge in [-0.25, -0.2) is 4.79 Å². The van der Waals surface area contributed by atoms with Crippen molar-refractivity contribution in [2.24, 2.45) is 0 Å². The highest BCUT2D eigenvalue weighted by Crippen LogP contribution is 2.36. The maximum Gasteiger partial charge on any atom is 0.347 e. The van der Waals surface area contributed by atoms with E-state index in [1.807, 2.05) is 6.92 Å². The third-order valence-corrected chi connectivity index (χ3v) is 7.02. The van der Waals surface area contributed by atoms with Gasteiger partial charge >= 0.3 is 5.97 Å². The smallest absolute Gasteiger partial charge is 0.347 e. The first-order chi connectivity index (χ1) is 15.5. The summed E-state index contributed by atoms with van der Waals surface area (Å²) in [5.74, 6) is -0.102. The molecule has 0 bridgehead atoms. The number of hydrogen-bond acceptors (Lipinski definition) is 4. The van der Waals surface area contributed by atoms with E-state index in [1.165, 1.54) is 40.3 Å². The molecule has 3 aromatic rings. The van der Waals surface area contributed by atoms with Gasteiger partial charge in [0.2, 0.25) is 0 Å². The quantitative estimate of drug-likeness (QED) is 0.340. The Labute approximate surface area is 200 Å². The molecule has 33 heavy (non-hydrogen) atoms. The highest BCUT2D eigenvalue weighted by molar-refractivity contribution is 7.15. The molecule has 1 aromatic heterocycles. The van der Waals surface area contributed by atoms with E-state index in [2.05, 4.69) is 51.1 Å². The first-order valence-electron chi connectivity index (χ1n) is 11.2. The van der Waals surface area contributed by atoms with Gasteiger partial charge in [-0.1, -0.05) is 43.7 Å². The molecule has 1 N–H and O–H groups in total. The zero-order valence-electron chi connectivity index (χ0n) is 20.2. The SMILES string of the molecule is Cc1ccc(-c2cc(C(C)C)c(CCC(=O)c3ccc(OC(C)(C)C(=O)O)c(C)c3)s2)cc1. The first kappa shape index (κ1) is 24.7. The van der Waals surface area contributed by atoms with Gasteiger partial charge in [0.15, 0.2) is 11.4 Å². The van der Waals surface area contributed by atoms with Crippen LogP contribution in [0.5, 0.6) is 5.75 Å². The fraction of sp³-hybridized carbons (Fsp3) is 0.357. The Balaban J connectivity index is 1.74. The van der Waals surface area contributed by atoms with Crippen molar-refractivity contribution in [1.82, 2.24) is 0 Å². The van der Waals surface area contributed by atoms with E-state index in [1.54, 1.807) is 29.5 Å². The van der Waals surface area contributed by atoms with E-state index >= 15 is 0 Å². The van der Waals surface area contributed by atoms with Crippen molar-refractivity contribution in [2.45, 2.75) is 65.9 Å². The van der Waals surface area contributed by atoms with Gasteiger partial charge in [0, 0.05) is 21.7 Å². The Bertz CT molecular complexity index is 1150. The number of Topliss-reactive ketones (excluding diaryl/α,β-unsaturated/α-hetero) is 1. The summed E-state index contributed by atoms with van der Waals surface area (Å²) >= 11 is 1.77. The van der Waals surface area contributed by atoms with Crippen LogP contribution in [0.15, 0.2) is 48.5 Å². The summed E-state index contributed by atoms with van der Waals surface area (Å²) in [7, 11) is 0. The lowest BCUT2D eigenvalue weighted by Crippen LogP contribution is -2.38. The van der Waals surface area contributed by atoms with Crippen molar-refractivity contribution in [3.63, 3.8) is 0 Å². The number of ketones is 1. The van der Waals surface area contributed by atoms with Gasteiger partial charge in [-0.2, -0.15) is 0 Å². The molecule has 0 saturated heterocycles. The topological polar surface area (TPSA) is 63.6 Å². The van der Waals surface area contributed by atoms with Gasteiger partial charge in [0.25, 0.3) is 0 Å². The second-order valence-electron chi connectivity index (χ2n) is 9.33. The Morgan fingerprint density at radius 2 is 1.70 bits per heavy atom. The summed E-state index contributed by atoms with van der Waals surface area (Å²) in [4.78, 5) is 26.8. The number of benzene rings is 2.